The summed E-state index contributed by atoms with van der Waals surface area (Å²) in [5, 5.41) is 12.3. The van der Waals surface area contributed by atoms with Gasteiger partial charge >= 0.3 is 0 Å². The third-order valence-electron chi connectivity index (χ3n) is 2.99. The van der Waals surface area contributed by atoms with Crippen molar-refractivity contribution in [2.24, 2.45) is 0 Å². The number of ether oxygens (including phenoxy) is 2. The molecule has 1 aliphatic heterocycles. The SMILES string of the molecule is Cc1ccc(Oc2c(C#N)cnc3c2OCCN3)cc1. The fraction of sp³-hybridized carbons (Fsp3) is 0.200. The van der Waals surface area contributed by atoms with Crippen LogP contribution in [0, 0.1) is 18.3 Å². The molecule has 0 saturated carbocycles. The topological polar surface area (TPSA) is 67.2 Å². The largest absolute Gasteiger partial charge is 0.485 e. The van der Waals surface area contributed by atoms with Gasteiger partial charge in [0.25, 0.3) is 0 Å². The van der Waals surface area contributed by atoms with E-state index in [9.17, 15) is 5.26 Å². The molecular weight excluding hydrogens is 254 g/mol. The first kappa shape index (κ1) is 12.3. The van der Waals surface area contributed by atoms with Crippen LogP contribution in [0.1, 0.15) is 11.1 Å². The smallest absolute Gasteiger partial charge is 0.206 e. The molecule has 0 spiro atoms. The van der Waals surface area contributed by atoms with Gasteiger partial charge < -0.3 is 14.8 Å². The van der Waals surface area contributed by atoms with Crippen LogP contribution in [0.5, 0.6) is 17.2 Å². The number of fused-ring (bicyclic) bond motifs is 1. The number of benzene rings is 1. The van der Waals surface area contributed by atoms with Gasteiger partial charge in [-0.15, -0.1) is 0 Å². The molecule has 2 aromatic rings. The Hall–Kier alpha value is -2.74. The minimum absolute atomic E-state index is 0.355. The number of aryl methyl sites for hydroxylation is 1. The second-order valence-corrected chi connectivity index (χ2v) is 4.48. The maximum Gasteiger partial charge on any atom is 0.206 e. The predicted molar refractivity (Wildman–Crippen MR) is 74.2 cm³/mol. The van der Waals surface area contributed by atoms with Crippen LogP contribution in [-0.2, 0) is 0 Å². The minimum atomic E-state index is 0.355. The van der Waals surface area contributed by atoms with Crippen molar-refractivity contribution in [3.05, 3.63) is 41.6 Å². The second kappa shape index (κ2) is 5.10. The monoisotopic (exact) mass is 267 g/mol. The molecule has 0 fully saturated rings. The van der Waals surface area contributed by atoms with E-state index < -0.39 is 0 Å². The summed E-state index contributed by atoms with van der Waals surface area (Å²) >= 11 is 0. The highest BCUT2D eigenvalue weighted by Gasteiger charge is 2.21. The number of nitrogens with one attached hydrogen (secondary N) is 1. The van der Waals surface area contributed by atoms with Crippen LogP contribution >= 0.6 is 0 Å². The minimum Gasteiger partial charge on any atom is -0.485 e. The first-order chi connectivity index (χ1) is 9.78. The summed E-state index contributed by atoms with van der Waals surface area (Å²) in [6, 6.07) is 9.71. The Kier molecular flexibility index (Phi) is 3.13. The average molecular weight is 267 g/mol. The van der Waals surface area contributed by atoms with E-state index in [4.69, 9.17) is 9.47 Å². The molecular formula is C15H13N3O2. The highest BCUT2D eigenvalue weighted by Crippen LogP contribution is 2.40. The van der Waals surface area contributed by atoms with E-state index in [2.05, 4.69) is 16.4 Å². The number of nitrogens with zero attached hydrogens (tertiary/aromatic N) is 2. The van der Waals surface area contributed by atoms with Gasteiger partial charge in [-0.25, -0.2) is 4.98 Å². The Morgan fingerprint density at radius 2 is 2.15 bits per heavy atom. The number of anilines is 1. The lowest BCUT2D eigenvalue weighted by molar-refractivity contribution is 0.304. The van der Waals surface area contributed by atoms with E-state index in [0.717, 1.165) is 5.56 Å². The van der Waals surface area contributed by atoms with Gasteiger partial charge in [0.05, 0.1) is 12.7 Å². The quantitative estimate of drug-likeness (QED) is 0.906. The van der Waals surface area contributed by atoms with E-state index in [-0.39, 0.29) is 0 Å². The Bertz CT molecular complexity index is 675. The van der Waals surface area contributed by atoms with Crippen LogP contribution in [-0.4, -0.2) is 18.1 Å². The molecule has 1 aliphatic rings. The molecule has 0 bridgehead atoms. The van der Waals surface area contributed by atoms with E-state index in [1.807, 2.05) is 31.2 Å². The molecule has 1 N–H and O–H groups in total. The van der Waals surface area contributed by atoms with Crippen LogP contribution in [0.2, 0.25) is 0 Å². The van der Waals surface area contributed by atoms with Crippen LogP contribution in [0.4, 0.5) is 5.82 Å². The lowest BCUT2D eigenvalue weighted by atomic mass is 10.2. The highest BCUT2D eigenvalue weighted by molar-refractivity contribution is 5.65. The zero-order valence-corrected chi connectivity index (χ0v) is 11.0. The molecule has 0 saturated heterocycles. The summed E-state index contributed by atoms with van der Waals surface area (Å²) in [6.07, 6.45) is 1.49. The number of pyridine rings is 1. The van der Waals surface area contributed by atoms with Gasteiger partial charge in [0.2, 0.25) is 5.75 Å². The van der Waals surface area contributed by atoms with Crippen molar-refractivity contribution >= 4 is 5.82 Å². The van der Waals surface area contributed by atoms with Crippen molar-refractivity contribution < 1.29 is 9.47 Å². The van der Waals surface area contributed by atoms with Crippen molar-refractivity contribution in [2.75, 3.05) is 18.5 Å². The number of hydrogen-bond acceptors (Lipinski definition) is 5. The maximum atomic E-state index is 9.20. The molecule has 0 amide bonds. The number of aromatic nitrogens is 1. The predicted octanol–water partition coefficient (Wildman–Crippen LogP) is 2.86. The van der Waals surface area contributed by atoms with Crippen molar-refractivity contribution in [1.82, 2.24) is 4.98 Å². The molecule has 0 unspecified atom stereocenters. The first-order valence-corrected chi connectivity index (χ1v) is 6.32. The molecule has 5 nitrogen and oxygen atoms in total. The van der Waals surface area contributed by atoms with E-state index in [0.29, 0.717) is 41.8 Å². The van der Waals surface area contributed by atoms with Crippen molar-refractivity contribution in [1.29, 1.82) is 5.26 Å². The number of hydrogen-bond donors (Lipinski definition) is 1. The third kappa shape index (κ3) is 2.24. The van der Waals surface area contributed by atoms with Crippen LogP contribution in [0.25, 0.3) is 0 Å². The zero-order chi connectivity index (χ0) is 13.9. The van der Waals surface area contributed by atoms with E-state index in [1.165, 1.54) is 6.20 Å². The summed E-state index contributed by atoms with van der Waals surface area (Å²) in [4.78, 5) is 4.17. The molecule has 2 heterocycles. The fourth-order valence-corrected chi connectivity index (χ4v) is 1.96. The third-order valence-corrected chi connectivity index (χ3v) is 2.99. The van der Waals surface area contributed by atoms with Gasteiger partial charge in [-0.2, -0.15) is 5.26 Å². The number of nitriles is 1. The van der Waals surface area contributed by atoms with Crippen molar-refractivity contribution in [2.45, 2.75) is 6.92 Å². The molecule has 0 aliphatic carbocycles. The Morgan fingerprint density at radius 1 is 1.35 bits per heavy atom. The van der Waals surface area contributed by atoms with Gasteiger partial charge in [-0.1, -0.05) is 17.7 Å². The van der Waals surface area contributed by atoms with Crippen molar-refractivity contribution in [3.63, 3.8) is 0 Å². The van der Waals surface area contributed by atoms with E-state index >= 15 is 0 Å². The van der Waals surface area contributed by atoms with Gasteiger partial charge in [-0.3, -0.25) is 0 Å². The molecule has 5 heteroatoms. The van der Waals surface area contributed by atoms with Crippen LogP contribution < -0.4 is 14.8 Å². The molecule has 0 atom stereocenters. The summed E-state index contributed by atoms with van der Waals surface area (Å²) in [7, 11) is 0. The van der Waals surface area contributed by atoms with Crippen LogP contribution in [0.3, 0.4) is 0 Å². The standard InChI is InChI=1S/C15H13N3O2/c1-10-2-4-12(5-3-10)20-13-11(8-16)9-18-15-14(13)19-7-6-17-15/h2-5,9H,6-7H2,1H3,(H,17,18). The molecule has 0 radical (unpaired) electrons. The Labute approximate surface area is 116 Å². The summed E-state index contributed by atoms with van der Waals surface area (Å²) in [5.74, 6) is 2.18. The van der Waals surface area contributed by atoms with Crippen molar-refractivity contribution in [3.8, 4) is 23.3 Å². The fourth-order valence-electron chi connectivity index (χ4n) is 1.96. The lowest BCUT2D eigenvalue weighted by Gasteiger charge is -2.21. The van der Waals surface area contributed by atoms with Gasteiger partial charge in [-0.05, 0) is 19.1 Å². The van der Waals surface area contributed by atoms with Gasteiger partial charge in [0, 0.05) is 0 Å². The summed E-state index contributed by atoms with van der Waals surface area (Å²) in [5.41, 5.74) is 1.50. The first-order valence-electron chi connectivity index (χ1n) is 6.32. The van der Waals surface area contributed by atoms with Gasteiger partial charge in [0.1, 0.15) is 24.0 Å². The molecule has 20 heavy (non-hydrogen) atoms. The second-order valence-electron chi connectivity index (χ2n) is 4.48. The van der Waals surface area contributed by atoms with Gasteiger partial charge in [0.15, 0.2) is 11.6 Å². The molecule has 100 valence electrons. The highest BCUT2D eigenvalue weighted by atomic mass is 16.5. The average Bonchev–Trinajstić information content (AvgIpc) is 2.50. The molecule has 1 aromatic heterocycles. The normalized spacial score (nSPS) is 12.6. The Balaban J connectivity index is 2.03. The zero-order valence-electron chi connectivity index (χ0n) is 11.0. The number of rotatable bonds is 2. The summed E-state index contributed by atoms with van der Waals surface area (Å²) < 4.78 is 11.4. The lowest BCUT2D eigenvalue weighted by Crippen LogP contribution is -2.19. The van der Waals surface area contributed by atoms with E-state index in [1.54, 1.807) is 0 Å². The van der Waals surface area contributed by atoms with Crippen LogP contribution in [0.15, 0.2) is 30.5 Å². The summed E-state index contributed by atoms with van der Waals surface area (Å²) in [6.45, 7) is 3.22. The Morgan fingerprint density at radius 3 is 2.90 bits per heavy atom. The molecule has 3 rings (SSSR count). The molecule has 1 aromatic carbocycles. The maximum absolute atomic E-state index is 9.20.